The Morgan fingerprint density at radius 3 is 2.81 bits per heavy atom. The molecule has 2 aliphatic rings. The number of para-hydroxylation sites is 1. The van der Waals surface area contributed by atoms with Crippen molar-refractivity contribution in [3.8, 4) is 10.6 Å². The zero-order chi connectivity index (χ0) is 24.9. The smallest absolute Gasteiger partial charge is 0.253 e. The van der Waals surface area contributed by atoms with Gasteiger partial charge in [0.05, 0.1) is 10.2 Å². The molecule has 7 nitrogen and oxygen atoms in total. The molecule has 1 atom stereocenters. The summed E-state index contributed by atoms with van der Waals surface area (Å²) in [7, 11) is -3.70. The minimum Gasteiger partial charge on any atom is -0.316 e. The van der Waals surface area contributed by atoms with Gasteiger partial charge in [0.2, 0.25) is 5.91 Å². The van der Waals surface area contributed by atoms with Crippen molar-refractivity contribution in [1.29, 1.82) is 0 Å². The standard InChI is InChI=1S/C25H26N4O3S4/c1-2-28-13-11-16-20(15-28)35-25(22(16)24-26-17-7-3-4-9-19(17)34-24)27-23(30)18-8-5-12-29(18)36(31,32)21-10-6-14-33-21/h3-4,6-7,9-10,14,18H,2,5,8,11-13,15H2,1H3,(H,27,30). The molecule has 6 rings (SSSR count). The molecule has 11 heteroatoms. The van der Waals surface area contributed by atoms with Gasteiger partial charge in [0.1, 0.15) is 20.3 Å². The van der Waals surface area contributed by atoms with Gasteiger partial charge < -0.3 is 5.32 Å². The van der Waals surface area contributed by atoms with Crippen molar-refractivity contribution in [3.63, 3.8) is 0 Å². The third-order valence-electron chi connectivity index (χ3n) is 6.89. The zero-order valence-electron chi connectivity index (χ0n) is 19.8. The number of fused-ring (bicyclic) bond motifs is 2. The summed E-state index contributed by atoms with van der Waals surface area (Å²) in [5.74, 6) is -0.263. The molecular weight excluding hydrogens is 533 g/mol. The van der Waals surface area contributed by atoms with Gasteiger partial charge in [-0.2, -0.15) is 4.31 Å². The van der Waals surface area contributed by atoms with Crippen LogP contribution in [-0.2, 0) is 27.8 Å². The first-order valence-corrected chi connectivity index (χ1v) is 16.0. The maximum atomic E-state index is 13.6. The van der Waals surface area contributed by atoms with E-state index in [1.807, 2.05) is 18.2 Å². The number of anilines is 1. The van der Waals surface area contributed by atoms with E-state index < -0.39 is 16.1 Å². The largest absolute Gasteiger partial charge is 0.316 e. The normalized spacial score (nSPS) is 19.1. The number of rotatable bonds is 6. The first-order chi connectivity index (χ1) is 17.5. The van der Waals surface area contributed by atoms with Crippen molar-refractivity contribution in [2.45, 2.75) is 43.0 Å². The Kier molecular flexibility index (Phi) is 6.47. The van der Waals surface area contributed by atoms with Crippen LogP contribution in [-0.4, -0.2) is 54.2 Å². The maximum absolute atomic E-state index is 13.6. The van der Waals surface area contributed by atoms with Gasteiger partial charge in [-0.25, -0.2) is 13.4 Å². The Morgan fingerprint density at radius 2 is 2.03 bits per heavy atom. The number of likely N-dealkylation sites (N-methyl/N-ethyl adjacent to an activating group) is 1. The van der Waals surface area contributed by atoms with Crippen molar-refractivity contribution < 1.29 is 13.2 Å². The fourth-order valence-corrected chi connectivity index (χ4v) is 10.2. The summed E-state index contributed by atoms with van der Waals surface area (Å²) in [6.07, 6.45) is 2.09. The van der Waals surface area contributed by atoms with Gasteiger partial charge in [0, 0.05) is 30.1 Å². The second kappa shape index (κ2) is 9.62. The van der Waals surface area contributed by atoms with Crippen LogP contribution in [0.4, 0.5) is 5.00 Å². The van der Waals surface area contributed by atoms with Crippen molar-refractivity contribution in [3.05, 3.63) is 52.2 Å². The van der Waals surface area contributed by atoms with E-state index in [-0.39, 0.29) is 10.1 Å². The summed E-state index contributed by atoms with van der Waals surface area (Å²) < 4.78 is 29.2. The van der Waals surface area contributed by atoms with Crippen LogP contribution in [0.2, 0.25) is 0 Å². The lowest BCUT2D eigenvalue weighted by Crippen LogP contribution is -2.42. The van der Waals surface area contributed by atoms with Crippen LogP contribution in [0.5, 0.6) is 0 Å². The number of sulfonamides is 1. The van der Waals surface area contributed by atoms with Gasteiger partial charge in [-0.15, -0.1) is 34.0 Å². The number of benzene rings is 1. The molecule has 2 aliphatic heterocycles. The third kappa shape index (κ3) is 4.21. The van der Waals surface area contributed by atoms with Crippen molar-refractivity contribution in [1.82, 2.24) is 14.2 Å². The highest BCUT2D eigenvalue weighted by molar-refractivity contribution is 7.91. The Hall–Kier alpha value is -2.15. The van der Waals surface area contributed by atoms with Crippen molar-refractivity contribution >= 4 is 65.2 Å². The van der Waals surface area contributed by atoms with Crippen LogP contribution >= 0.6 is 34.0 Å². The molecule has 1 N–H and O–H groups in total. The first kappa shape index (κ1) is 24.2. The van der Waals surface area contributed by atoms with Gasteiger partial charge in [-0.3, -0.25) is 9.69 Å². The van der Waals surface area contributed by atoms with Crippen LogP contribution in [0, 0.1) is 0 Å². The number of aromatic nitrogens is 1. The van der Waals surface area contributed by atoms with Crippen LogP contribution < -0.4 is 5.32 Å². The summed E-state index contributed by atoms with van der Waals surface area (Å²) >= 11 is 4.43. The predicted octanol–water partition coefficient (Wildman–Crippen LogP) is 5.26. The molecule has 5 heterocycles. The molecule has 0 saturated carbocycles. The Bertz CT molecular complexity index is 1490. The number of amides is 1. The molecule has 0 radical (unpaired) electrons. The summed E-state index contributed by atoms with van der Waals surface area (Å²) in [6.45, 7) is 5.33. The summed E-state index contributed by atoms with van der Waals surface area (Å²) in [6, 6.07) is 10.7. The van der Waals surface area contributed by atoms with E-state index in [1.165, 1.54) is 26.1 Å². The van der Waals surface area contributed by atoms with E-state index in [9.17, 15) is 13.2 Å². The van der Waals surface area contributed by atoms with Gasteiger partial charge >= 0.3 is 0 Å². The minimum atomic E-state index is -3.70. The van der Waals surface area contributed by atoms with E-state index in [1.54, 1.807) is 40.2 Å². The third-order valence-corrected chi connectivity index (χ3v) is 12.4. The fourth-order valence-electron chi connectivity index (χ4n) is 5.03. The number of carbonyl (C=O) groups is 1. The molecule has 0 spiro atoms. The lowest BCUT2D eigenvalue weighted by atomic mass is 10.0. The quantitative estimate of drug-likeness (QED) is 0.349. The van der Waals surface area contributed by atoms with Crippen LogP contribution in [0.15, 0.2) is 46.0 Å². The molecule has 1 saturated heterocycles. The van der Waals surface area contributed by atoms with E-state index >= 15 is 0 Å². The van der Waals surface area contributed by atoms with Gasteiger partial charge in [0.15, 0.2) is 0 Å². The number of hydrogen-bond acceptors (Lipinski definition) is 8. The molecule has 1 unspecified atom stereocenters. The second-order valence-electron chi connectivity index (χ2n) is 9.01. The molecule has 3 aromatic heterocycles. The highest BCUT2D eigenvalue weighted by Gasteiger charge is 2.40. The topological polar surface area (TPSA) is 82.6 Å². The molecule has 0 aliphatic carbocycles. The van der Waals surface area contributed by atoms with Crippen molar-refractivity contribution in [2.75, 3.05) is 25.0 Å². The molecule has 36 heavy (non-hydrogen) atoms. The lowest BCUT2D eigenvalue weighted by molar-refractivity contribution is -0.119. The Labute approximate surface area is 222 Å². The van der Waals surface area contributed by atoms with Gasteiger partial charge in [-0.05, 0) is 54.9 Å². The van der Waals surface area contributed by atoms with Crippen LogP contribution in [0.1, 0.15) is 30.2 Å². The van der Waals surface area contributed by atoms with E-state index in [0.29, 0.717) is 19.4 Å². The number of carbonyl (C=O) groups excluding carboxylic acids is 1. The second-order valence-corrected chi connectivity index (χ2v) is 14.2. The monoisotopic (exact) mass is 558 g/mol. The van der Waals surface area contributed by atoms with Crippen LogP contribution in [0.3, 0.4) is 0 Å². The van der Waals surface area contributed by atoms with Gasteiger partial charge in [-0.1, -0.05) is 25.1 Å². The number of nitrogens with zero attached hydrogens (tertiary/aromatic N) is 3. The predicted molar refractivity (Wildman–Crippen MR) is 147 cm³/mol. The Morgan fingerprint density at radius 1 is 1.17 bits per heavy atom. The number of thiophene rings is 2. The molecule has 1 aromatic carbocycles. The van der Waals surface area contributed by atoms with E-state index in [2.05, 4.69) is 23.2 Å². The highest BCUT2D eigenvalue weighted by atomic mass is 32.2. The maximum Gasteiger partial charge on any atom is 0.253 e. The van der Waals surface area contributed by atoms with Crippen LogP contribution in [0.25, 0.3) is 20.8 Å². The molecule has 1 fully saturated rings. The van der Waals surface area contributed by atoms with E-state index in [4.69, 9.17) is 4.98 Å². The number of thiazole rings is 1. The molecule has 0 bridgehead atoms. The van der Waals surface area contributed by atoms with E-state index in [0.717, 1.165) is 51.8 Å². The average Bonchev–Trinajstić information content (AvgIpc) is 3.67. The summed E-state index contributed by atoms with van der Waals surface area (Å²) in [5.41, 5.74) is 3.21. The average molecular weight is 559 g/mol. The Balaban J connectivity index is 1.36. The van der Waals surface area contributed by atoms with Crippen molar-refractivity contribution in [2.24, 2.45) is 0 Å². The molecule has 4 aromatic rings. The lowest BCUT2D eigenvalue weighted by Gasteiger charge is -2.25. The first-order valence-electron chi connectivity index (χ1n) is 12.0. The fraction of sp³-hybridized carbons (Fsp3) is 0.360. The molecular formula is C25H26N4O3S4. The highest BCUT2D eigenvalue weighted by Crippen LogP contribution is 2.46. The molecule has 188 valence electrons. The summed E-state index contributed by atoms with van der Waals surface area (Å²) in [4.78, 5) is 22.2. The number of nitrogens with one attached hydrogen (secondary N) is 1. The zero-order valence-corrected chi connectivity index (χ0v) is 23.0. The summed E-state index contributed by atoms with van der Waals surface area (Å²) in [5, 5.41) is 6.59. The number of hydrogen-bond donors (Lipinski definition) is 1. The van der Waals surface area contributed by atoms with Gasteiger partial charge in [0.25, 0.3) is 10.0 Å². The minimum absolute atomic E-state index is 0.263. The SMILES string of the molecule is CCN1CCc2c(sc(NC(=O)C3CCCN3S(=O)(=O)c3cccs3)c2-c2nc3ccccc3s2)C1. The molecule has 1 amide bonds.